The summed E-state index contributed by atoms with van der Waals surface area (Å²) >= 11 is 0. The first-order chi connectivity index (χ1) is 10.00. The summed E-state index contributed by atoms with van der Waals surface area (Å²) in [4.78, 5) is 14.5. The lowest BCUT2D eigenvalue weighted by atomic mass is 9.65. The van der Waals surface area contributed by atoms with Crippen LogP contribution in [0, 0.1) is 23.2 Å². The summed E-state index contributed by atoms with van der Waals surface area (Å²) in [5.74, 6) is 1.85. The number of hydrogen-bond acceptors (Lipinski definition) is 4. The minimum Gasteiger partial charge on any atom is -0.426 e. The Hall–Kier alpha value is -0.585. The summed E-state index contributed by atoms with van der Waals surface area (Å²) in [7, 11) is -1.45. The lowest BCUT2D eigenvalue weighted by molar-refractivity contribution is -0.136. The summed E-state index contributed by atoms with van der Waals surface area (Å²) in [5, 5.41) is 18.9. The Bertz CT molecular complexity index is 439. The summed E-state index contributed by atoms with van der Waals surface area (Å²) in [6.45, 7) is 0.612. The molecule has 4 bridgehead atoms. The summed E-state index contributed by atoms with van der Waals surface area (Å²) < 4.78 is 0. The molecular weight excluding hydrogens is 267 g/mol. The van der Waals surface area contributed by atoms with Crippen LogP contribution in [0.2, 0.25) is 0 Å². The van der Waals surface area contributed by atoms with E-state index >= 15 is 0 Å². The molecule has 5 aliphatic rings. The fourth-order valence-corrected chi connectivity index (χ4v) is 6.07. The minimum atomic E-state index is -1.45. The molecule has 5 nitrogen and oxygen atoms in total. The van der Waals surface area contributed by atoms with Crippen LogP contribution in [0.1, 0.15) is 44.9 Å². The van der Waals surface area contributed by atoms with Crippen molar-refractivity contribution in [3.63, 3.8) is 0 Å². The zero-order valence-corrected chi connectivity index (χ0v) is 12.4. The predicted octanol–water partition coefficient (Wildman–Crippen LogP) is 0.143. The third-order valence-electron chi connectivity index (χ3n) is 6.82. The van der Waals surface area contributed by atoms with Gasteiger partial charge in [-0.1, -0.05) is 0 Å². The zero-order valence-electron chi connectivity index (χ0n) is 12.4. The zero-order chi connectivity index (χ0) is 14.8. The molecule has 4 aliphatic carbocycles. The lowest BCUT2D eigenvalue weighted by Crippen LogP contribution is -2.57. The molecule has 6 heteroatoms. The molecule has 0 spiro atoms. The average Bonchev–Trinajstić information content (AvgIpc) is 3.09. The van der Waals surface area contributed by atoms with Crippen LogP contribution in [0.3, 0.4) is 0 Å². The van der Waals surface area contributed by atoms with E-state index in [2.05, 4.69) is 0 Å². The number of rotatable bonds is 3. The van der Waals surface area contributed by atoms with E-state index in [9.17, 15) is 14.8 Å². The maximum Gasteiger partial charge on any atom is 0.475 e. The Balaban J connectivity index is 1.52. The fourth-order valence-electron chi connectivity index (χ4n) is 6.07. The molecule has 5 rings (SSSR count). The molecule has 0 aromatic heterocycles. The van der Waals surface area contributed by atoms with Crippen molar-refractivity contribution >= 4 is 13.0 Å². The number of hydrogen-bond donors (Lipinski definition) is 3. The van der Waals surface area contributed by atoms with Crippen LogP contribution in [0.25, 0.3) is 0 Å². The molecule has 1 aliphatic heterocycles. The number of carbonyl (C=O) groups excluding carboxylic acids is 1. The van der Waals surface area contributed by atoms with Crippen molar-refractivity contribution in [2.45, 2.75) is 56.9 Å². The van der Waals surface area contributed by atoms with Crippen LogP contribution < -0.4 is 5.73 Å². The van der Waals surface area contributed by atoms with E-state index in [0.29, 0.717) is 13.0 Å². The average molecular weight is 292 g/mol. The molecule has 4 saturated carbocycles. The van der Waals surface area contributed by atoms with Gasteiger partial charge in [-0.25, -0.2) is 0 Å². The van der Waals surface area contributed by atoms with Gasteiger partial charge in [0.15, 0.2) is 0 Å². The minimum absolute atomic E-state index is 0.00112. The van der Waals surface area contributed by atoms with Crippen LogP contribution in [0.5, 0.6) is 0 Å². The highest BCUT2D eigenvalue weighted by Crippen LogP contribution is 2.65. The van der Waals surface area contributed by atoms with Gasteiger partial charge in [0.25, 0.3) is 0 Å². The van der Waals surface area contributed by atoms with Gasteiger partial charge in [-0.05, 0) is 68.1 Å². The molecule has 0 aromatic rings. The lowest BCUT2D eigenvalue weighted by Gasteiger charge is -2.43. The quantitative estimate of drug-likeness (QED) is 0.646. The molecule has 4 atom stereocenters. The second kappa shape index (κ2) is 4.70. The third kappa shape index (κ3) is 1.99. The van der Waals surface area contributed by atoms with Gasteiger partial charge < -0.3 is 20.7 Å². The second-order valence-corrected chi connectivity index (χ2v) is 7.96. The van der Waals surface area contributed by atoms with Crippen LogP contribution in [-0.2, 0) is 4.79 Å². The van der Waals surface area contributed by atoms with Crippen LogP contribution in [0.15, 0.2) is 0 Å². The first-order valence-electron chi connectivity index (χ1n) is 8.42. The van der Waals surface area contributed by atoms with E-state index in [-0.39, 0.29) is 11.3 Å². The molecular formula is C15H25BN2O3. The van der Waals surface area contributed by atoms with E-state index in [1.165, 1.54) is 12.8 Å². The normalized spacial score (nSPS) is 45.4. The number of likely N-dealkylation sites (tertiary alicyclic amines) is 1. The van der Waals surface area contributed by atoms with Gasteiger partial charge in [-0.3, -0.25) is 4.79 Å². The van der Waals surface area contributed by atoms with Gasteiger partial charge >= 0.3 is 7.12 Å². The Morgan fingerprint density at radius 3 is 2.48 bits per heavy atom. The largest absolute Gasteiger partial charge is 0.475 e. The van der Waals surface area contributed by atoms with E-state index in [1.54, 1.807) is 4.90 Å². The number of amides is 1. The number of nitrogens with two attached hydrogens (primary N) is 1. The van der Waals surface area contributed by atoms with Gasteiger partial charge in [0.1, 0.15) is 0 Å². The summed E-state index contributed by atoms with van der Waals surface area (Å²) in [6.07, 6.45) is 7.51. The molecule has 1 saturated heterocycles. The van der Waals surface area contributed by atoms with E-state index in [4.69, 9.17) is 5.73 Å². The van der Waals surface area contributed by atoms with Gasteiger partial charge in [-0.15, -0.1) is 0 Å². The van der Waals surface area contributed by atoms with Gasteiger partial charge in [0.2, 0.25) is 5.91 Å². The van der Waals surface area contributed by atoms with Gasteiger partial charge in [0.05, 0.1) is 12.0 Å². The third-order valence-corrected chi connectivity index (χ3v) is 6.82. The standard InChI is InChI=1S/C15H25BN2O3/c17-13(14(19)18-3-1-2-12(18)16(20)21)15-6-9-4-10(7-15)11(5-9)8-15/h9-13,20-21H,1-8,17H2/t9?,10?,11?,12-,13+,15?/m0/s1. The fraction of sp³-hybridized carbons (Fsp3) is 0.933. The first kappa shape index (κ1) is 14.0. The molecule has 0 aromatic carbocycles. The molecule has 0 radical (unpaired) electrons. The molecule has 1 amide bonds. The van der Waals surface area contributed by atoms with Crippen molar-refractivity contribution in [3.05, 3.63) is 0 Å². The summed E-state index contributed by atoms with van der Waals surface area (Å²) in [6, 6.07) is -0.451. The SMILES string of the molecule is N[C@H](C(=O)N1CCC[C@H]1B(O)O)C12CC3CC(C1)C(C3)C2. The Kier molecular flexibility index (Phi) is 3.14. The van der Waals surface area contributed by atoms with Crippen molar-refractivity contribution in [3.8, 4) is 0 Å². The van der Waals surface area contributed by atoms with E-state index in [1.807, 2.05) is 0 Å². The molecule has 116 valence electrons. The molecule has 5 fully saturated rings. The van der Waals surface area contributed by atoms with Crippen LogP contribution >= 0.6 is 0 Å². The molecule has 1 heterocycles. The topological polar surface area (TPSA) is 86.8 Å². The van der Waals surface area contributed by atoms with Crippen molar-refractivity contribution in [1.82, 2.24) is 4.90 Å². The van der Waals surface area contributed by atoms with Crippen molar-refractivity contribution in [2.24, 2.45) is 28.9 Å². The van der Waals surface area contributed by atoms with Crippen LogP contribution in [0.4, 0.5) is 0 Å². The van der Waals surface area contributed by atoms with Crippen molar-refractivity contribution in [2.75, 3.05) is 6.54 Å². The number of carbonyl (C=O) groups is 1. The Morgan fingerprint density at radius 1 is 1.24 bits per heavy atom. The second-order valence-electron chi connectivity index (χ2n) is 7.96. The monoisotopic (exact) mass is 292 g/mol. The van der Waals surface area contributed by atoms with Gasteiger partial charge in [0, 0.05) is 6.54 Å². The molecule has 2 unspecified atom stereocenters. The predicted molar refractivity (Wildman–Crippen MR) is 78.9 cm³/mol. The molecule has 21 heavy (non-hydrogen) atoms. The highest BCUT2D eigenvalue weighted by atomic mass is 16.4. The van der Waals surface area contributed by atoms with E-state index in [0.717, 1.165) is 43.4 Å². The highest BCUT2D eigenvalue weighted by molar-refractivity contribution is 6.43. The maximum absolute atomic E-state index is 12.8. The van der Waals surface area contributed by atoms with E-state index < -0.39 is 19.1 Å². The Labute approximate surface area is 126 Å². The van der Waals surface area contributed by atoms with Crippen LogP contribution in [-0.4, -0.2) is 46.5 Å². The Morgan fingerprint density at radius 2 is 1.90 bits per heavy atom. The van der Waals surface area contributed by atoms with Crippen molar-refractivity contribution < 1.29 is 14.8 Å². The van der Waals surface area contributed by atoms with Crippen molar-refractivity contribution in [1.29, 1.82) is 0 Å². The first-order valence-corrected chi connectivity index (χ1v) is 8.42. The molecule has 4 N–H and O–H groups in total. The highest BCUT2D eigenvalue weighted by Gasteiger charge is 2.60. The van der Waals surface area contributed by atoms with Gasteiger partial charge in [-0.2, -0.15) is 0 Å². The maximum atomic E-state index is 12.8. The number of nitrogens with zero attached hydrogens (tertiary/aromatic N) is 1. The smallest absolute Gasteiger partial charge is 0.426 e. The summed E-state index contributed by atoms with van der Waals surface area (Å²) in [5.41, 5.74) is 6.44.